The number of hydrogen-bond donors (Lipinski definition) is 2. The highest BCUT2D eigenvalue weighted by Crippen LogP contribution is 2.45. The van der Waals surface area contributed by atoms with Gasteiger partial charge in [-0.05, 0) is 54.8 Å². The number of benzene rings is 2. The Morgan fingerprint density at radius 1 is 1.27 bits per heavy atom. The molecule has 1 aliphatic rings. The number of primary amides is 1. The quantitative estimate of drug-likeness (QED) is 0.816. The molecule has 2 aromatic carbocycles. The number of aldehydes is 1. The summed E-state index contributed by atoms with van der Waals surface area (Å²) in [7, 11) is 0. The van der Waals surface area contributed by atoms with E-state index in [1.54, 1.807) is 31.2 Å². The van der Waals surface area contributed by atoms with Crippen molar-refractivity contribution >= 4 is 17.9 Å². The van der Waals surface area contributed by atoms with Crippen LogP contribution in [0.25, 0.3) is 0 Å². The summed E-state index contributed by atoms with van der Waals surface area (Å²) in [6.07, 6.45) is -3.60. The summed E-state index contributed by atoms with van der Waals surface area (Å²) in [6, 6.07) is 9.28. The first-order valence-electron chi connectivity index (χ1n) is 7.98. The highest BCUT2D eigenvalue weighted by molar-refractivity contribution is 5.90. The maximum absolute atomic E-state index is 13.0. The molecule has 1 heterocycles. The van der Waals surface area contributed by atoms with Crippen molar-refractivity contribution in [1.82, 2.24) is 0 Å². The third-order valence-electron chi connectivity index (χ3n) is 4.88. The minimum absolute atomic E-state index is 0.180. The van der Waals surface area contributed by atoms with Crippen molar-refractivity contribution in [3.05, 3.63) is 64.7 Å². The number of carbonyl (C=O) groups is 2. The Bertz CT molecular complexity index is 879. The number of amides is 1. The lowest BCUT2D eigenvalue weighted by atomic mass is 9.71. The standard InChI is InChI=1S/C19H17F3N2O2/c1-18(17(23)26)9-16(12-3-2-4-13(8-12)19(20,21)22)24-15-6-5-11(10-25)7-14(15)18/h2-8,10,16,24H,9H2,1H3,(H2,23,26). The Labute approximate surface area is 148 Å². The van der Waals surface area contributed by atoms with Crippen LogP contribution in [-0.4, -0.2) is 12.2 Å². The van der Waals surface area contributed by atoms with E-state index in [1.165, 1.54) is 6.07 Å². The summed E-state index contributed by atoms with van der Waals surface area (Å²) < 4.78 is 39.0. The second-order valence-corrected chi connectivity index (χ2v) is 6.64. The smallest absolute Gasteiger partial charge is 0.378 e. The third kappa shape index (κ3) is 3.05. The predicted molar refractivity (Wildman–Crippen MR) is 90.8 cm³/mol. The van der Waals surface area contributed by atoms with Crippen molar-refractivity contribution in [3.8, 4) is 0 Å². The lowest BCUT2D eigenvalue weighted by molar-refractivity contribution is -0.137. The summed E-state index contributed by atoms with van der Waals surface area (Å²) in [4.78, 5) is 23.2. The fraction of sp³-hybridized carbons (Fsp3) is 0.263. The van der Waals surface area contributed by atoms with E-state index >= 15 is 0 Å². The molecular weight excluding hydrogens is 345 g/mol. The van der Waals surface area contributed by atoms with Crippen LogP contribution in [0.5, 0.6) is 0 Å². The maximum atomic E-state index is 13.0. The lowest BCUT2D eigenvalue weighted by Gasteiger charge is -2.39. The van der Waals surface area contributed by atoms with Gasteiger partial charge in [0.15, 0.2) is 0 Å². The molecule has 1 amide bonds. The monoisotopic (exact) mass is 362 g/mol. The average Bonchev–Trinajstić information content (AvgIpc) is 2.60. The van der Waals surface area contributed by atoms with Crippen LogP contribution >= 0.6 is 0 Å². The molecule has 0 saturated heterocycles. The molecule has 0 aromatic heterocycles. The van der Waals surface area contributed by atoms with Gasteiger partial charge in [0.2, 0.25) is 5.91 Å². The molecule has 0 fully saturated rings. The number of fused-ring (bicyclic) bond motifs is 1. The fourth-order valence-corrected chi connectivity index (χ4v) is 3.34. The first-order chi connectivity index (χ1) is 12.1. The molecule has 3 N–H and O–H groups in total. The zero-order valence-corrected chi connectivity index (χ0v) is 13.9. The highest BCUT2D eigenvalue weighted by atomic mass is 19.4. The first-order valence-corrected chi connectivity index (χ1v) is 7.98. The third-order valence-corrected chi connectivity index (χ3v) is 4.88. The number of anilines is 1. The molecule has 2 unspecified atom stereocenters. The fourth-order valence-electron chi connectivity index (χ4n) is 3.34. The molecule has 4 nitrogen and oxygen atoms in total. The van der Waals surface area contributed by atoms with E-state index in [1.807, 2.05) is 0 Å². The van der Waals surface area contributed by atoms with Gasteiger partial charge in [-0.1, -0.05) is 12.1 Å². The van der Waals surface area contributed by atoms with Gasteiger partial charge in [0.05, 0.1) is 17.0 Å². The normalized spacial score (nSPS) is 22.2. The van der Waals surface area contributed by atoms with Gasteiger partial charge in [0.25, 0.3) is 0 Å². The lowest BCUT2D eigenvalue weighted by Crippen LogP contribution is -2.44. The van der Waals surface area contributed by atoms with E-state index in [0.29, 0.717) is 28.7 Å². The predicted octanol–water partition coefficient (Wildman–Crippen LogP) is 3.82. The molecule has 0 bridgehead atoms. The Kier molecular flexibility index (Phi) is 4.26. The molecule has 0 aliphatic carbocycles. The molecular formula is C19H17F3N2O2. The molecule has 136 valence electrons. The first kappa shape index (κ1) is 18.0. The van der Waals surface area contributed by atoms with Crippen molar-refractivity contribution < 1.29 is 22.8 Å². The molecule has 0 spiro atoms. The average molecular weight is 362 g/mol. The van der Waals surface area contributed by atoms with Crippen molar-refractivity contribution in [2.45, 2.75) is 31.0 Å². The summed E-state index contributed by atoms with van der Waals surface area (Å²) in [6.45, 7) is 1.64. The van der Waals surface area contributed by atoms with E-state index in [0.717, 1.165) is 12.1 Å². The van der Waals surface area contributed by atoms with Crippen LogP contribution in [-0.2, 0) is 16.4 Å². The molecule has 0 radical (unpaired) electrons. The van der Waals surface area contributed by atoms with E-state index in [-0.39, 0.29) is 6.42 Å². The number of halogens is 3. The van der Waals surface area contributed by atoms with Gasteiger partial charge in [-0.2, -0.15) is 13.2 Å². The molecule has 2 atom stereocenters. The van der Waals surface area contributed by atoms with Gasteiger partial charge in [-0.3, -0.25) is 9.59 Å². The summed E-state index contributed by atoms with van der Waals surface area (Å²) in [5.41, 5.74) is 5.70. The molecule has 3 rings (SSSR count). The summed E-state index contributed by atoms with van der Waals surface area (Å²) in [5.74, 6) is -0.597. The van der Waals surface area contributed by atoms with Crippen molar-refractivity contribution in [2.75, 3.05) is 5.32 Å². The van der Waals surface area contributed by atoms with Gasteiger partial charge in [-0.25, -0.2) is 0 Å². The second kappa shape index (κ2) is 6.16. The number of carbonyl (C=O) groups excluding carboxylic acids is 2. The number of hydrogen-bond acceptors (Lipinski definition) is 3. The molecule has 1 aliphatic heterocycles. The van der Waals surface area contributed by atoms with E-state index < -0.39 is 29.1 Å². The Hall–Kier alpha value is -2.83. The topological polar surface area (TPSA) is 72.2 Å². The van der Waals surface area contributed by atoms with E-state index in [4.69, 9.17) is 5.73 Å². The Morgan fingerprint density at radius 2 is 2.00 bits per heavy atom. The van der Waals surface area contributed by atoms with Gasteiger partial charge in [0.1, 0.15) is 6.29 Å². The Balaban J connectivity index is 2.07. The van der Waals surface area contributed by atoms with Gasteiger partial charge < -0.3 is 11.1 Å². The largest absolute Gasteiger partial charge is 0.416 e. The van der Waals surface area contributed by atoms with Gasteiger partial charge in [0, 0.05) is 11.3 Å². The zero-order valence-electron chi connectivity index (χ0n) is 13.9. The minimum Gasteiger partial charge on any atom is -0.378 e. The van der Waals surface area contributed by atoms with Crippen LogP contribution in [0, 0.1) is 0 Å². The molecule has 0 saturated carbocycles. The Morgan fingerprint density at radius 3 is 2.62 bits per heavy atom. The second-order valence-electron chi connectivity index (χ2n) is 6.64. The number of nitrogens with one attached hydrogen (secondary N) is 1. The minimum atomic E-state index is -4.45. The van der Waals surface area contributed by atoms with Crippen LogP contribution in [0.3, 0.4) is 0 Å². The van der Waals surface area contributed by atoms with Crippen LogP contribution in [0.2, 0.25) is 0 Å². The number of rotatable bonds is 3. The highest BCUT2D eigenvalue weighted by Gasteiger charge is 2.42. The van der Waals surface area contributed by atoms with Crippen molar-refractivity contribution in [2.24, 2.45) is 5.73 Å². The maximum Gasteiger partial charge on any atom is 0.416 e. The molecule has 7 heteroatoms. The summed E-state index contributed by atoms with van der Waals surface area (Å²) in [5, 5.41) is 3.16. The van der Waals surface area contributed by atoms with Gasteiger partial charge in [-0.15, -0.1) is 0 Å². The zero-order chi connectivity index (χ0) is 19.1. The van der Waals surface area contributed by atoms with Crippen LogP contribution in [0.15, 0.2) is 42.5 Å². The number of nitrogens with two attached hydrogens (primary N) is 1. The van der Waals surface area contributed by atoms with Crippen LogP contribution in [0.1, 0.15) is 46.4 Å². The van der Waals surface area contributed by atoms with Crippen molar-refractivity contribution in [3.63, 3.8) is 0 Å². The van der Waals surface area contributed by atoms with E-state index in [9.17, 15) is 22.8 Å². The SMILES string of the molecule is CC1(C(N)=O)CC(c2cccc(C(F)(F)F)c2)Nc2ccc(C=O)cc21. The van der Waals surface area contributed by atoms with Gasteiger partial charge >= 0.3 is 6.18 Å². The van der Waals surface area contributed by atoms with Crippen LogP contribution < -0.4 is 11.1 Å². The molecule has 26 heavy (non-hydrogen) atoms. The molecule has 2 aromatic rings. The summed E-state index contributed by atoms with van der Waals surface area (Å²) >= 11 is 0. The number of alkyl halides is 3. The van der Waals surface area contributed by atoms with Crippen LogP contribution in [0.4, 0.5) is 18.9 Å². The van der Waals surface area contributed by atoms with E-state index in [2.05, 4.69) is 5.32 Å². The van der Waals surface area contributed by atoms with Crippen molar-refractivity contribution in [1.29, 1.82) is 0 Å².